The second-order valence-corrected chi connectivity index (χ2v) is 8.74. The molecule has 1 amide bonds. The highest BCUT2D eigenvalue weighted by Crippen LogP contribution is 2.43. The Morgan fingerprint density at radius 3 is 2.67 bits per heavy atom. The zero-order chi connectivity index (χ0) is 23.7. The highest BCUT2D eigenvalue weighted by Gasteiger charge is 2.32. The van der Waals surface area contributed by atoms with E-state index in [1.807, 2.05) is 12.1 Å². The van der Waals surface area contributed by atoms with Crippen molar-refractivity contribution in [3.63, 3.8) is 0 Å². The second kappa shape index (κ2) is 9.20. The number of rotatable bonds is 6. The number of nitriles is 1. The number of halogens is 2. The number of carboxylic acid groups (broad SMARTS) is 1. The molecule has 1 aliphatic heterocycles. The first-order valence-electron chi connectivity index (χ1n) is 10.6. The molecule has 3 N–H and O–H groups in total. The Labute approximate surface area is 195 Å². The van der Waals surface area contributed by atoms with Gasteiger partial charge < -0.3 is 10.4 Å². The molecule has 2 aliphatic rings. The summed E-state index contributed by atoms with van der Waals surface area (Å²) in [5.74, 6) is -0.0134. The van der Waals surface area contributed by atoms with Gasteiger partial charge >= 0.3 is 5.97 Å². The van der Waals surface area contributed by atoms with E-state index in [0.717, 1.165) is 24.5 Å². The molecule has 0 aromatic heterocycles. The molecular formula is C24H20BClFN3O3. The number of nitrogens with zero attached hydrogens (tertiary/aromatic N) is 1. The van der Waals surface area contributed by atoms with Gasteiger partial charge in [-0.05, 0) is 66.9 Å². The van der Waals surface area contributed by atoms with E-state index >= 15 is 0 Å². The molecule has 33 heavy (non-hydrogen) atoms. The number of carboxylic acids is 1. The minimum absolute atomic E-state index is 0.0615. The van der Waals surface area contributed by atoms with Gasteiger partial charge in [-0.2, -0.15) is 0 Å². The van der Waals surface area contributed by atoms with Crippen molar-refractivity contribution in [2.24, 2.45) is 0 Å². The maximum atomic E-state index is 14.6. The van der Waals surface area contributed by atoms with Crippen LogP contribution in [-0.4, -0.2) is 29.4 Å². The molecule has 6 nitrogen and oxygen atoms in total. The normalized spacial score (nSPS) is 15.7. The van der Waals surface area contributed by atoms with E-state index in [4.69, 9.17) is 22.1 Å². The Morgan fingerprint density at radius 2 is 2.03 bits per heavy atom. The minimum Gasteiger partial charge on any atom is -0.478 e. The van der Waals surface area contributed by atoms with Crippen molar-refractivity contribution in [3.05, 3.63) is 80.8 Å². The third-order valence-electron chi connectivity index (χ3n) is 6.08. The summed E-state index contributed by atoms with van der Waals surface area (Å²) in [7, 11) is 0. The van der Waals surface area contributed by atoms with Crippen LogP contribution in [-0.2, 0) is 0 Å². The van der Waals surface area contributed by atoms with Crippen LogP contribution < -0.4 is 5.32 Å². The summed E-state index contributed by atoms with van der Waals surface area (Å²) in [5.41, 5.74) is 1.66. The lowest BCUT2D eigenvalue weighted by molar-refractivity contribution is 0.0696. The Hall–Kier alpha value is -3.44. The van der Waals surface area contributed by atoms with E-state index in [9.17, 15) is 19.2 Å². The van der Waals surface area contributed by atoms with Crippen molar-refractivity contribution >= 4 is 35.9 Å². The summed E-state index contributed by atoms with van der Waals surface area (Å²) in [6.45, 7) is -0.342. The standard InChI is InChI=1S/C24H20BClFN3O3/c26-18-3-1-2-15(13-4-5-13)21(18)23(31)30-20-11-25(12-28)9-8-17(20)22(29)16-7-6-14(24(32)33)10-19(16)27/h1-3,6-7,10,13,29H,4-5,8-9,11H2,(H,30,31)(H,32,33). The lowest BCUT2D eigenvalue weighted by Gasteiger charge is -2.24. The van der Waals surface area contributed by atoms with E-state index in [2.05, 4.69) is 11.3 Å². The molecule has 166 valence electrons. The van der Waals surface area contributed by atoms with Crippen LogP contribution in [0.2, 0.25) is 17.7 Å². The zero-order valence-corrected chi connectivity index (χ0v) is 18.4. The summed E-state index contributed by atoms with van der Waals surface area (Å²) in [4.78, 5) is 24.4. The Morgan fingerprint density at radius 1 is 1.27 bits per heavy atom. The Kier molecular flexibility index (Phi) is 6.34. The molecule has 1 aliphatic carbocycles. The SMILES string of the molecule is N#CB1CCC(C(=N)c2ccc(C(=O)O)cc2F)=C(NC(=O)c2c(Cl)cccc2C2CC2)C1. The van der Waals surface area contributed by atoms with Crippen LogP contribution in [0.15, 0.2) is 47.7 Å². The van der Waals surface area contributed by atoms with Crippen LogP contribution in [0.3, 0.4) is 0 Å². The molecule has 4 rings (SSSR count). The maximum Gasteiger partial charge on any atom is 0.335 e. The summed E-state index contributed by atoms with van der Waals surface area (Å²) >= 11 is 6.36. The average Bonchev–Trinajstić information content (AvgIpc) is 3.63. The molecule has 0 saturated heterocycles. The number of benzene rings is 2. The van der Waals surface area contributed by atoms with Gasteiger partial charge in [-0.25, -0.2) is 14.4 Å². The lowest BCUT2D eigenvalue weighted by atomic mass is 9.43. The molecule has 0 atom stereocenters. The molecule has 2 aromatic carbocycles. The van der Waals surface area contributed by atoms with Gasteiger partial charge in [0, 0.05) is 17.2 Å². The molecule has 1 saturated carbocycles. The second-order valence-electron chi connectivity index (χ2n) is 8.33. The van der Waals surface area contributed by atoms with Gasteiger partial charge in [-0.3, -0.25) is 10.2 Å². The number of nitrogens with one attached hydrogen (secondary N) is 2. The third-order valence-corrected chi connectivity index (χ3v) is 6.40. The van der Waals surface area contributed by atoms with Gasteiger partial charge in [0.25, 0.3) is 12.6 Å². The molecule has 0 unspecified atom stereocenters. The fourth-order valence-corrected chi connectivity index (χ4v) is 4.45. The summed E-state index contributed by atoms with van der Waals surface area (Å²) < 4.78 is 14.6. The fourth-order valence-electron chi connectivity index (χ4n) is 4.18. The molecular weight excluding hydrogens is 444 g/mol. The topological polar surface area (TPSA) is 114 Å². The van der Waals surface area contributed by atoms with Gasteiger partial charge in [0.2, 0.25) is 0 Å². The largest absolute Gasteiger partial charge is 0.478 e. The van der Waals surface area contributed by atoms with E-state index < -0.39 is 17.7 Å². The molecule has 1 heterocycles. The molecule has 0 bridgehead atoms. The number of allylic oxidation sites excluding steroid dienone is 2. The lowest BCUT2D eigenvalue weighted by Crippen LogP contribution is -2.32. The van der Waals surface area contributed by atoms with Crippen LogP contribution in [0.4, 0.5) is 4.39 Å². The van der Waals surface area contributed by atoms with Crippen LogP contribution in [0.1, 0.15) is 57.0 Å². The average molecular weight is 464 g/mol. The number of hydrogen-bond donors (Lipinski definition) is 3. The van der Waals surface area contributed by atoms with Crippen molar-refractivity contribution in [2.75, 3.05) is 0 Å². The van der Waals surface area contributed by atoms with Crippen LogP contribution in [0, 0.1) is 22.5 Å². The van der Waals surface area contributed by atoms with Crippen molar-refractivity contribution in [2.45, 2.75) is 37.8 Å². The fraction of sp³-hybridized carbons (Fsp3) is 0.250. The molecule has 2 aromatic rings. The van der Waals surface area contributed by atoms with Crippen molar-refractivity contribution in [1.29, 1.82) is 10.7 Å². The highest BCUT2D eigenvalue weighted by atomic mass is 35.5. The van der Waals surface area contributed by atoms with Gasteiger partial charge in [0.1, 0.15) is 5.82 Å². The van der Waals surface area contributed by atoms with E-state index in [0.29, 0.717) is 34.6 Å². The minimum atomic E-state index is -1.26. The first-order chi connectivity index (χ1) is 15.8. The Balaban J connectivity index is 1.70. The summed E-state index contributed by atoms with van der Waals surface area (Å²) in [6, 6.07) is 8.70. The van der Waals surface area contributed by atoms with Crippen LogP contribution >= 0.6 is 11.6 Å². The number of aromatic carboxylic acids is 1. The quantitative estimate of drug-likeness (QED) is 0.410. The number of amides is 1. The third kappa shape index (κ3) is 4.69. The van der Waals surface area contributed by atoms with Crippen LogP contribution in [0.5, 0.6) is 0 Å². The molecule has 1 fully saturated rings. The van der Waals surface area contributed by atoms with E-state index in [1.165, 1.54) is 12.1 Å². The van der Waals surface area contributed by atoms with Crippen molar-refractivity contribution in [3.8, 4) is 5.97 Å². The first-order valence-corrected chi connectivity index (χ1v) is 11.0. The predicted octanol–water partition coefficient (Wildman–Crippen LogP) is 5.07. The smallest absolute Gasteiger partial charge is 0.335 e. The van der Waals surface area contributed by atoms with Gasteiger partial charge in [0.05, 0.1) is 21.9 Å². The monoisotopic (exact) mass is 463 g/mol. The maximum absolute atomic E-state index is 14.6. The Bertz CT molecular complexity index is 1250. The number of hydrogen-bond acceptors (Lipinski definition) is 4. The van der Waals surface area contributed by atoms with E-state index in [-0.39, 0.29) is 35.8 Å². The zero-order valence-electron chi connectivity index (χ0n) is 17.6. The van der Waals surface area contributed by atoms with Gasteiger partial charge in [0.15, 0.2) is 0 Å². The predicted molar refractivity (Wildman–Crippen MR) is 124 cm³/mol. The van der Waals surface area contributed by atoms with E-state index in [1.54, 1.807) is 6.07 Å². The number of carbonyl (C=O) groups is 2. The van der Waals surface area contributed by atoms with Crippen molar-refractivity contribution in [1.82, 2.24) is 5.32 Å². The van der Waals surface area contributed by atoms with Gasteiger partial charge in [-0.1, -0.05) is 30.1 Å². The first kappa shape index (κ1) is 22.7. The highest BCUT2D eigenvalue weighted by molar-refractivity contribution is 6.68. The van der Waals surface area contributed by atoms with Crippen molar-refractivity contribution < 1.29 is 19.1 Å². The molecule has 9 heteroatoms. The number of carbonyl (C=O) groups excluding carboxylic acids is 1. The van der Waals surface area contributed by atoms with Gasteiger partial charge in [-0.15, -0.1) is 0 Å². The van der Waals surface area contributed by atoms with Crippen LogP contribution in [0.25, 0.3) is 0 Å². The summed E-state index contributed by atoms with van der Waals surface area (Å²) in [6.07, 6.45) is 2.98. The molecule has 0 radical (unpaired) electrons. The molecule has 0 spiro atoms. The summed E-state index contributed by atoms with van der Waals surface area (Å²) in [5, 5.41) is 30.3.